The molecule has 1 aromatic carbocycles. The van der Waals surface area contributed by atoms with Gasteiger partial charge in [-0.2, -0.15) is 5.26 Å². The first-order chi connectivity index (χ1) is 8.78. The monoisotopic (exact) mass is 235 g/mol. The number of fused-ring (bicyclic) bond motifs is 1. The van der Waals surface area contributed by atoms with Crippen molar-refractivity contribution in [3.05, 3.63) is 48.1 Å². The summed E-state index contributed by atoms with van der Waals surface area (Å²) in [6.45, 7) is 1.84. The third kappa shape index (κ3) is 1.62. The number of rotatable bonds is 1. The van der Waals surface area contributed by atoms with E-state index in [1.165, 1.54) is 0 Å². The van der Waals surface area contributed by atoms with E-state index in [2.05, 4.69) is 9.97 Å². The molecule has 0 unspecified atom stereocenters. The van der Waals surface area contributed by atoms with E-state index in [1.807, 2.05) is 43.3 Å². The first-order valence-corrected chi connectivity index (χ1v) is 5.50. The third-order valence-electron chi connectivity index (χ3n) is 2.71. The Hall–Kier alpha value is -2.67. The summed E-state index contributed by atoms with van der Waals surface area (Å²) in [6, 6.07) is 11.5. The molecule has 0 N–H and O–H groups in total. The van der Waals surface area contributed by atoms with E-state index < -0.39 is 0 Å². The highest BCUT2D eigenvalue weighted by atomic mass is 16.3. The van der Waals surface area contributed by atoms with Crippen molar-refractivity contribution < 1.29 is 4.42 Å². The number of para-hydroxylation sites is 1. The van der Waals surface area contributed by atoms with E-state index in [4.69, 9.17) is 9.68 Å². The molecule has 0 saturated heterocycles. The number of furan rings is 1. The Kier molecular flexibility index (Phi) is 2.31. The normalized spacial score (nSPS) is 10.4. The molecule has 0 aliphatic carbocycles. The van der Waals surface area contributed by atoms with Crippen molar-refractivity contribution in [3.63, 3.8) is 0 Å². The highest BCUT2D eigenvalue weighted by molar-refractivity contribution is 5.92. The second kappa shape index (κ2) is 3.97. The van der Waals surface area contributed by atoms with Crippen molar-refractivity contribution in [2.75, 3.05) is 0 Å². The SMILES string of the molecule is Cc1cc(-c2coc3ccccc23)nc(C#N)n1. The van der Waals surface area contributed by atoms with Crippen LogP contribution >= 0.6 is 0 Å². The number of nitriles is 1. The fraction of sp³-hybridized carbons (Fsp3) is 0.0714. The van der Waals surface area contributed by atoms with Crippen molar-refractivity contribution in [2.24, 2.45) is 0 Å². The Balaban J connectivity index is 2.27. The van der Waals surface area contributed by atoms with Gasteiger partial charge in [-0.15, -0.1) is 0 Å². The zero-order valence-corrected chi connectivity index (χ0v) is 9.71. The third-order valence-corrected chi connectivity index (χ3v) is 2.71. The molecular weight excluding hydrogens is 226 g/mol. The van der Waals surface area contributed by atoms with Crippen molar-refractivity contribution >= 4 is 11.0 Å². The van der Waals surface area contributed by atoms with Gasteiger partial charge in [0, 0.05) is 16.6 Å². The zero-order valence-electron chi connectivity index (χ0n) is 9.71. The summed E-state index contributed by atoms with van der Waals surface area (Å²) in [5.41, 5.74) is 3.17. The van der Waals surface area contributed by atoms with Crippen LogP contribution in [0.4, 0.5) is 0 Å². The summed E-state index contributed by atoms with van der Waals surface area (Å²) < 4.78 is 5.47. The Morgan fingerprint density at radius 2 is 2.06 bits per heavy atom. The molecule has 0 bridgehead atoms. The highest BCUT2D eigenvalue weighted by Crippen LogP contribution is 2.29. The van der Waals surface area contributed by atoms with E-state index in [0.717, 1.165) is 22.2 Å². The van der Waals surface area contributed by atoms with Crippen LogP contribution < -0.4 is 0 Å². The molecule has 3 rings (SSSR count). The van der Waals surface area contributed by atoms with Crippen LogP contribution in [0.5, 0.6) is 0 Å². The number of aromatic nitrogens is 2. The van der Waals surface area contributed by atoms with Gasteiger partial charge in [0.1, 0.15) is 17.9 Å². The number of hydrogen-bond acceptors (Lipinski definition) is 4. The maximum absolute atomic E-state index is 8.90. The second-order valence-electron chi connectivity index (χ2n) is 3.98. The van der Waals surface area contributed by atoms with Gasteiger partial charge in [-0.25, -0.2) is 9.97 Å². The standard InChI is InChI=1S/C14H9N3O/c1-9-6-12(17-14(7-15)16-9)11-8-18-13-5-3-2-4-10(11)13/h2-6,8H,1H3. The molecule has 4 nitrogen and oxygen atoms in total. The van der Waals surface area contributed by atoms with Gasteiger partial charge in [-0.3, -0.25) is 0 Å². The Morgan fingerprint density at radius 1 is 1.22 bits per heavy atom. The summed E-state index contributed by atoms with van der Waals surface area (Å²) in [5.74, 6) is 0.176. The lowest BCUT2D eigenvalue weighted by Gasteiger charge is -2.00. The maximum Gasteiger partial charge on any atom is 0.232 e. The minimum atomic E-state index is 0.176. The van der Waals surface area contributed by atoms with Gasteiger partial charge in [-0.05, 0) is 19.1 Å². The average molecular weight is 235 g/mol. The van der Waals surface area contributed by atoms with Crippen molar-refractivity contribution in [3.8, 4) is 17.3 Å². The number of aryl methyl sites for hydroxylation is 1. The van der Waals surface area contributed by atoms with Gasteiger partial charge in [0.15, 0.2) is 0 Å². The first kappa shape index (κ1) is 10.5. The molecule has 0 atom stereocenters. The fourth-order valence-corrected chi connectivity index (χ4v) is 1.93. The lowest BCUT2D eigenvalue weighted by atomic mass is 10.1. The Labute approximate surface area is 104 Å². The first-order valence-electron chi connectivity index (χ1n) is 5.50. The molecular formula is C14H9N3O. The van der Waals surface area contributed by atoms with E-state index in [-0.39, 0.29) is 5.82 Å². The van der Waals surface area contributed by atoms with Crippen molar-refractivity contribution in [2.45, 2.75) is 6.92 Å². The lowest BCUT2D eigenvalue weighted by Crippen LogP contribution is -1.94. The Bertz CT molecular complexity index is 768. The summed E-state index contributed by atoms with van der Waals surface area (Å²) in [5, 5.41) is 9.88. The van der Waals surface area contributed by atoms with Crippen LogP contribution in [0.2, 0.25) is 0 Å². The van der Waals surface area contributed by atoms with Crippen LogP contribution in [0.3, 0.4) is 0 Å². The minimum Gasteiger partial charge on any atom is -0.464 e. The van der Waals surface area contributed by atoms with Crippen LogP contribution in [-0.4, -0.2) is 9.97 Å². The Morgan fingerprint density at radius 3 is 2.89 bits per heavy atom. The molecule has 0 fully saturated rings. The van der Waals surface area contributed by atoms with Gasteiger partial charge in [0.25, 0.3) is 0 Å². The van der Waals surface area contributed by atoms with Gasteiger partial charge in [-0.1, -0.05) is 18.2 Å². The van der Waals surface area contributed by atoms with E-state index >= 15 is 0 Å². The zero-order chi connectivity index (χ0) is 12.5. The van der Waals surface area contributed by atoms with Crippen LogP contribution in [0, 0.1) is 18.3 Å². The summed E-state index contributed by atoms with van der Waals surface area (Å²) >= 11 is 0. The fourth-order valence-electron chi connectivity index (χ4n) is 1.93. The van der Waals surface area contributed by atoms with Gasteiger partial charge in [0.2, 0.25) is 5.82 Å². The topological polar surface area (TPSA) is 62.7 Å². The van der Waals surface area contributed by atoms with E-state index in [0.29, 0.717) is 5.69 Å². The molecule has 0 aliphatic rings. The number of hydrogen-bond donors (Lipinski definition) is 0. The molecule has 3 aromatic rings. The smallest absolute Gasteiger partial charge is 0.232 e. The second-order valence-corrected chi connectivity index (χ2v) is 3.98. The molecule has 0 radical (unpaired) electrons. The predicted molar refractivity (Wildman–Crippen MR) is 66.7 cm³/mol. The minimum absolute atomic E-state index is 0.176. The number of nitrogens with zero attached hydrogens (tertiary/aromatic N) is 3. The largest absolute Gasteiger partial charge is 0.464 e. The molecule has 0 spiro atoms. The lowest BCUT2D eigenvalue weighted by molar-refractivity contribution is 0.617. The van der Waals surface area contributed by atoms with Gasteiger partial charge >= 0.3 is 0 Å². The van der Waals surface area contributed by atoms with Crippen molar-refractivity contribution in [1.82, 2.24) is 9.97 Å². The number of benzene rings is 1. The molecule has 86 valence electrons. The van der Waals surface area contributed by atoms with Crippen LogP contribution in [0.1, 0.15) is 11.5 Å². The molecule has 2 heterocycles. The van der Waals surface area contributed by atoms with Gasteiger partial charge < -0.3 is 4.42 Å². The van der Waals surface area contributed by atoms with Crippen LogP contribution in [0.25, 0.3) is 22.2 Å². The van der Waals surface area contributed by atoms with Crippen LogP contribution in [-0.2, 0) is 0 Å². The summed E-state index contributed by atoms with van der Waals surface area (Å²) in [6.07, 6.45) is 1.66. The summed E-state index contributed by atoms with van der Waals surface area (Å²) in [4.78, 5) is 8.25. The molecule has 4 heteroatoms. The molecule has 0 saturated carbocycles. The maximum atomic E-state index is 8.90. The average Bonchev–Trinajstić information content (AvgIpc) is 2.81. The van der Waals surface area contributed by atoms with Crippen LogP contribution in [0.15, 0.2) is 41.0 Å². The molecule has 18 heavy (non-hydrogen) atoms. The van der Waals surface area contributed by atoms with E-state index in [9.17, 15) is 0 Å². The van der Waals surface area contributed by atoms with E-state index in [1.54, 1.807) is 6.26 Å². The highest BCUT2D eigenvalue weighted by Gasteiger charge is 2.10. The molecule has 0 aliphatic heterocycles. The predicted octanol–water partition coefficient (Wildman–Crippen LogP) is 3.07. The van der Waals surface area contributed by atoms with Gasteiger partial charge in [0.05, 0.1) is 5.69 Å². The molecule has 2 aromatic heterocycles. The molecule has 0 amide bonds. The van der Waals surface area contributed by atoms with Crippen molar-refractivity contribution in [1.29, 1.82) is 5.26 Å². The summed E-state index contributed by atoms with van der Waals surface area (Å²) in [7, 11) is 0. The quantitative estimate of drug-likeness (QED) is 0.650.